The molecule has 1 aromatic heterocycles. The first kappa shape index (κ1) is 22.4. The first-order valence-corrected chi connectivity index (χ1v) is 10.8. The van der Waals surface area contributed by atoms with Crippen molar-refractivity contribution < 1.29 is 14.9 Å². The van der Waals surface area contributed by atoms with Crippen molar-refractivity contribution in [2.75, 3.05) is 25.5 Å². The number of pyridine rings is 1. The molecule has 7 heteroatoms. The normalized spacial score (nSPS) is 11.9. The first-order chi connectivity index (χ1) is 16.0. The number of rotatable bonds is 9. The van der Waals surface area contributed by atoms with E-state index >= 15 is 0 Å². The van der Waals surface area contributed by atoms with E-state index in [4.69, 9.17) is 4.74 Å². The Balaban J connectivity index is 1.29. The summed E-state index contributed by atoms with van der Waals surface area (Å²) in [4.78, 5) is 14.2. The van der Waals surface area contributed by atoms with E-state index in [1.54, 1.807) is 19.2 Å². The Morgan fingerprint density at radius 1 is 0.939 bits per heavy atom. The molecule has 0 aliphatic rings. The lowest BCUT2D eigenvalue weighted by atomic mass is 10.0. The van der Waals surface area contributed by atoms with E-state index in [9.17, 15) is 15.0 Å². The molecule has 0 radical (unpaired) electrons. The molecule has 7 nitrogen and oxygen atoms in total. The van der Waals surface area contributed by atoms with Gasteiger partial charge in [-0.1, -0.05) is 18.2 Å². The molecular formula is C26H27N3O4. The molecule has 0 spiro atoms. The van der Waals surface area contributed by atoms with Crippen LogP contribution in [0.1, 0.15) is 17.2 Å². The minimum Gasteiger partial charge on any atom is -0.506 e. The number of nitrogens with one attached hydrogen (secondary N) is 3. The van der Waals surface area contributed by atoms with Crippen LogP contribution in [0.2, 0.25) is 0 Å². The van der Waals surface area contributed by atoms with Gasteiger partial charge < -0.3 is 30.6 Å². The molecule has 5 N–H and O–H groups in total. The molecule has 4 rings (SSSR count). The summed E-state index contributed by atoms with van der Waals surface area (Å²) in [6, 6.07) is 22.2. The van der Waals surface area contributed by atoms with Gasteiger partial charge in [0.05, 0.1) is 18.7 Å². The fourth-order valence-corrected chi connectivity index (χ4v) is 3.73. The second-order valence-corrected chi connectivity index (χ2v) is 7.81. The summed E-state index contributed by atoms with van der Waals surface area (Å²) < 4.78 is 5.18. The number of fused-ring (bicyclic) bond motifs is 1. The Morgan fingerprint density at radius 2 is 1.64 bits per heavy atom. The summed E-state index contributed by atoms with van der Waals surface area (Å²) in [6.45, 7) is 1.06. The quantitative estimate of drug-likeness (QED) is 0.251. The van der Waals surface area contributed by atoms with Crippen LogP contribution in [0.4, 0.5) is 11.4 Å². The first-order valence-electron chi connectivity index (χ1n) is 10.8. The molecule has 0 fully saturated rings. The average Bonchev–Trinajstić information content (AvgIpc) is 2.84. The molecule has 0 saturated carbocycles. The van der Waals surface area contributed by atoms with Gasteiger partial charge in [0.2, 0.25) is 5.56 Å². The highest BCUT2D eigenvalue weighted by atomic mass is 16.5. The lowest BCUT2D eigenvalue weighted by molar-refractivity contribution is 0.176. The lowest BCUT2D eigenvalue weighted by Crippen LogP contribution is -2.24. The van der Waals surface area contributed by atoms with Gasteiger partial charge in [0.15, 0.2) is 0 Å². The molecule has 33 heavy (non-hydrogen) atoms. The summed E-state index contributed by atoms with van der Waals surface area (Å²) in [6.07, 6.45) is 0.0502. The van der Waals surface area contributed by atoms with Crippen LogP contribution in [0, 0.1) is 0 Å². The van der Waals surface area contributed by atoms with Crippen LogP contribution in [-0.4, -0.2) is 35.4 Å². The fourth-order valence-electron chi connectivity index (χ4n) is 3.73. The molecule has 0 unspecified atom stereocenters. The maximum atomic E-state index is 11.5. The fraction of sp³-hybridized carbons (Fsp3) is 0.192. The molecule has 4 aromatic rings. The number of aromatic hydroxyl groups is 1. The predicted octanol–water partition coefficient (Wildman–Crippen LogP) is 3.85. The van der Waals surface area contributed by atoms with Crippen molar-refractivity contribution in [2.24, 2.45) is 0 Å². The largest absolute Gasteiger partial charge is 0.506 e. The highest BCUT2D eigenvalue weighted by molar-refractivity contribution is 5.87. The third-order valence-electron chi connectivity index (χ3n) is 5.53. The molecule has 3 aromatic carbocycles. The molecule has 170 valence electrons. The molecule has 0 bridgehead atoms. The number of methoxy groups -OCH3 is 1. The van der Waals surface area contributed by atoms with Crippen molar-refractivity contribution in [3.8, 4) is 11.5 Å². The van der Waals surface area contributed by atoms with Gasteiger partial charge in [-0.25, -0.2) is 0 Å². The number of aliphatic hydroxyl groups is 1. The van der Waals surface area contributed by atoms with E-state index in [2.05, 4.69) is 27.8 Å². The summed E-state index contributed by atoms with van der Waals surface area (Å²) in [5.41, 5.74) is 3.87. The Hall–Kier alpha value is -3.81. The zero-order chi connectivity index (χ0) is 23.2. The van der Waals surface area contributed by atoms with Crippen LogP contribution in [0.5, 0.6) is 11.5 Å². The van der Waals surface area contributed by atoms with Gasteiger partial charge in [-0.2, -0.15) is 0 Å². The molecule has 1 atom stereocenters. The van der Waals surface area contributed by atoms with Gasteiger partial charge in [-0.3, -0.25) is 4.79 Å². The number of phenolic OH excluding ortho intramolecular Hbond substituents is 1. The number of aromatic amines is 1. The van der Waals surface area contributed by atoms with Crippen molar-refractivity contribution >= 4 is 22.3 Å². The SMILES string of the molecule is COc1ccc(Nc2ccc(CCNC[C@@H](O)c3ccc(O)c4[nH]c(=O)ccc34)cc2)cc1. The number of H-pyrrole nitrogens is 1. The van der Waals surface area contributed by atoms with Gasteiger partial charge in [-0.15, -0.1) is 0 Å². The number of hydrogen-bond donors (Lipinski definition) is 5. The topological polar surface area (TPSA) is 107 Å². The number of benzene rings is 3. The van der Waals surface area contributed by atoms with Gasteiger partial charge in [0, 0.05) is 29.4 Å². The Bertz CT molecular complexity index is 1270. The second-order valence-electron chi connectivity index (χ2n) is 7.81. The number of ether oxygens (including phenoxy) is 1. The van der Waals surface area contributed by atoms with Crippen LogP contribution in [0.3, 0.4) is 0 Å². The van der Waals surface area contributed by atoms with Crippen molar-refractivity contribution in [3.63, 3.8) is 0 Å². The van der Waals surface area contributed by atoms with Crippen LogP contribution in [0.15, 0.2) is 77.6 Å². The minimum atomic E-state index is -0.768. The van der Waals surface area contributed by atoms with E-state index in [1.165, 1.54) is 17.7 Å². The maximum absolute atomic E-state index is 11.5. The van der Waals surface area contributed by atoms with Crippen molar-refractivity contribution in [2.45, 2.75) is 12.5 Å². The van der Waals surface area contributed by atoms with Gasteiger partial charge >= 0.3 is 0 Å². The van der Waals surface area contributed by atoms with Gasteiger partial charge in [0.1, 0.15) is 11.5 Å². The van der Waals surface area contributed by atoms with Crippen LogP contribution < -0.4 is 20.9 Å². The number of phenols is 1. The Labute approximate surface area is 191 Å². The summed E-state index contributed by atoms with van der Waals surface area (Å²) in [5, 5.41) is 27.9. The van der Waals surface area contributed by atoms with E-state index in [-0.39, 0.29) is 11.3 Å². The van der Waals surface area contributed by atoms with Crippen LogP contribution in [-0.2, 0) is 6.42 Å². The monoisotopic (exact) mass is 445 g/mol. The average molecular weight is 446 g/mol. The molecule has 0 aliphatic carbocycles. The maximum Gasteiger partial charge on any atom is 0.248 e. The number of anilines is 2. The third kappa shape index (κ3) is 5.52. The van der Waals surface area contributed by atoms with Gasteiger partial charge in [0.25, 0.3) is 0 Å². The standard InChI is InChI=1S/C26H27N3O4/c1-33-20-8-6-19(7-9-20)28-18-4-2-17(3-5-18)14-15-27-16-24(31)21-10-12-23(30)26-22(21)11-13-25(32)29-26/h2-13,24,27-28,30-31H,14-16H2,1H3,(H,29,32)/t24-/m1/s1. The molecule has 1 heterocycles. The molecular weight excluding hydrogens is 418 g/mol. The number of aliphatic hydroxyl groups excluding tert-OH is 1. The summed E-state index contributed by atoms with van der Waals surface area (Å²) in [7, 11) is 1.65. The Morgan fingerprint density at radius 3 is 2.33 bits per heavy atom. The second kappa shape index (κ2) is 10.2. The third-order valence-corrected chi connectivity index (χ3v) is 5.53. The van der Waals surface area contributed by atoms with E-state index in [0.717, 1.165) is 23.5 Å². The van der Waals surface area contributed by atoms with E-state index in [0.29, 0.717) is 29.6 Å². The zero-order valence-electron chi connectivity index (χ0n) is 18.3. The van der Waals surface area contributed by atoms with Crippen molar-refractivity contribution in [1.29, 1.82) is 0 Å². The smallest absolute Gasteiger partial charge is 0.248 e. The summed E-state index contributed by atoms with van der Waals surface area (Å²) >= 11 is 0. The van der Waals surface area contributed by atoms with E-state index < -0.39 is 6.10 Å². The predicted molar refractivity (Wildman–Crippen MR) is 130 cm³/mol. The Kier molecular flexibility index (Phi) is 6.92. The highest BCUT2D eigenvalue weighted by Gasteiger charge is 2.13. The molecule has 0 amide bonds. The molecule has 0 aliphatic heterocycles. The van der Waals surface area contributed by atoms with Gasteiger partial charge in [-0.05, 0) is 72.6 Å². The van der Waals surface area contributed by atoms with Crippen molar-refractivity contribution in [3.05, 3.63) is 94.3 Å². The number of aromatic nitrogens is 1. The highest BCUT2D eigenvalue weighted by Crippen LogP contribution is 2.28. The number of hydrogen-bond acceptors (Lipinski definition) is 6. The molecule has 0 saturated heterocycles. The minimum absolute atomic E-state index is 0.0171. The van der Waals surface area contributed by atoms with Crippen molar-refractivity contribution in [1.82, 2.24) is 10.3 Å². The summed E-state index contributed by atoms with van der Waals surface area (Å²) in [5.74, 6) is 0.804. The van der Waals surface area contributed by atoms with Crippen LogP contribution in [0.25, 0.3) is 10.9 Å². The zero-order valence-corrected chi connectivity index (χ0v) is 18.3. The lowest BCUT2D eigenvalue weighted by Gasteiger charge is -2.15. The van der Waals surface area contributed by atoms with E-state index in [1.807, 2.05) is 36.4 Å². The van der Waals surface area contributed by atoms with Crippen LogP contribution >= 0.6 is 0 Å².